The summed E-state index contributed by atoms with van der Waals surface area (Å²) in [5, 5.41) is 2.07. The predicted octanol–water partition coefficient (Wildman–Crippen LogP) is 3.33. The van der Waals surface area contributed by atoms with E-state index in [2.05, 4.69) is 66.9 Å². The van der Waals surface area contributed by atoms with E-state index in [0.29, 0.717) is 38.5 Å². The van der Waals surface area contributed by atoms with Gasteiger partial charge in [0.15, 0.2) is 0 Å². The van der Waals surface area contributed by atoms with Gasteiger partial charge in [0.05, 0.1) is 20.3 Å². The fraction of sp³-hybridized carbons (Fsp3) is 0.406. The molecule has 0 aliphatic carbocycles. The molecule has 40 heavy (non-hydrogen) atoms. The number of hydrogen-bond donors (Lipinski definition) is 3. The first-order valence-electron chi connectivity index (χ1n) is 13.8. The normalized spacial score (nSPS) is 16.1. The molecule has 1 unspecified atom stereocenters. The topological polar surface area (TPSA) is 112 Å². The molecule has 8 heteroatoms. The van der Waals surface area contributed by atoms with Crippen molar-refractivity contribution in [1.29, 1.82) is 0 Å². The minimum absolute atomic E-state index is 0.0228. The first-order valence-corrected chi connectivity index (χ1v) is 13.8. The summed E-state index contributed by atoms with van der Waals surface area (Å²) in [6.45, 7) is 8.45. The quantitative estimate of drug-likeness (QED) is 0.415. The van der Waals surface area contributed by atoms with E-state index in [9.17, 15) is 9.59 Å². The van der Waals surface area contributed by atoms with Crippen LogP contribution in [0, 0.1) is 20.8 Å². The summed E-state index contributed by atoms with van der Waals surface area (Å²) in [4.78, 5) is 40.1. The summed E-state index contributed by atoms with van der Waals surface area (Å²) in [6.07, 6.45) is 9.61. The molecule has 0 aromatic carbocycles. The molecule has 2 aliphatic heterocycles. The number of aromatic amines is 3. The van der Waals surface area contributed by atoms with Crippen molar-refractivity contribution >= 4 is 29.8 Å². The molecule has 0 spiro atoms. The molecule has 2 aliphatic rings. The smallest absolute Gasteiger partial charge is 0.305 e. The van der Waals surface area contributed by atoms with E-state index in [4.69, 9.17) is 14.5 Å². The van der Waals surface area contributed by atoms with Crippen molar-refractivity contribution in [3.8, 4) is 0 Å². The molecule has 0 saturated heterocycles. The third kappa shape index (κ3) is 5.48. The Morgan fingerprint density at radius 1 is 0.850 bits per heavy atom. The summed E-state index contributed by atoms with van der Waals surface area (Å²) < 4.78 is 9.88. The maximum Gasteiger partial charge on any atom is 0.305 e. The molecule has 3 aromatic rings. The zero-order chi connectivity index (χ0) is 28.6. The zero-order valence-corrected chi connectivity index (χ0v) is 24.2. The van der Waals surface area contributed by atoms with Gasteiger partial charge >= 0.3 is 11.9 Å². The number of rotatable bonds is 6. The lowest BCUT2D eigenvalue weighted by Crippen LogP contribution is -2.14. The van der Waals surface area contributed by atoms with Gasteiger partial charge in [-0.25, -0.2) is 0 Å². The van der Waals surface area contributed by atoms with Gasteiger partial charge in [0, 0.05) is 64.9 Å². The first kappa shape index (κ1) is 27.5. The second-order valence-electron chi connectivity index (χ2n) is 10.9. The van der Waals surface area contributed by atoms with Crippen molar-refractivity contribution in [2.24, 2.45) is 4.99 Å². The number of fused-ring (bicyclic) bond motifs is 7. The van der Waals surface area contributed by atoms with Gasteiger partial charge in [-0.15, -0.1) is 0 Å². The van der Waals surface area contributed by atoms with Crippen LogP contribution < -0.4 is 10.7 Å². The van der Waals surface area contributed by atoms with Crippen molar-refractivity contribution < 1.29 is 19.1 Å². The lowest BCUT2D eigenvalue weighted by Gasteiger charge is -2.08. The van der Waals surface area contributed by atoms with Gasteiger partial charge in [0.25, 0.3) is 0 Å². The lowest BCUT2D eigenvalue weighted by atomic mass is 9.97. The van der Waals surface area contributed by atoms with Gasteiger partial charge in [-0.1, -0.05) is 6.08 Å². The second kappa shape index (κ2) is 11.2. The van der Waals surface area contributed by atoms with Crippen molar-refractivity contribution in [1.82, 2.24) is 15.0 Å². The fourth-order valence-electron chi connectivity index (χ4n) is 5.90. The maximum absolute atomic E-state index is 12.1. The number of nitrogens with one attached hydrogen (secondary N) is 3. The number of ether oxygens (including phenoxy) is 2. The number of carbonyl (C=O) groups excluding carboxylic acids is 2. The van der Waals surface area contributed by atoms with E-state index < -0.39 is 0 Å². The zero-order valence-electron chi connectivity index (χ0n) is 24.2. The molecular formula is C32H38N4O4. The van der Waals surface area contributed by atoms with E-state index in [1.54, 1.807) is 0 Å². The van der Waals surface area contributed by atoms with Crippen molar-refractivity contribution in [2.45, 2.75) is 72.3 Å². The number of aliphatic imine (C=N–C) groups is 1. The molecular weight excluding hydrogens is 504 g/mol. The second-order valence-corrected chi connectivity index (χ2v) is 10.9. The molecule has 0 fully saturated rings. The van der Waals surface area contributed by atoms with E-state index in [1.165, 1.54) is 25.4 Å². The SMILES string of the molecule is COC(=O)CCc1c2[nH]c(c1C)C=c1cc(C)c([nH]1)=CC1C=C(C)C(=N1)Cc1[nH]c(c(CCC(=O)OC)c1C)C2. The Kier molecular flexibility index (Phi) is 7.70. The highest BCUT2D eigenvalue weighted by atomic mass is 16.5. The molecule has 1 atom stereocenters. The van der Waals surface area contributed by atoms with Crippen LogP contribution in [0.3, 0.4) is 0 Å². The highest BCUT2D eigenvalue weighted by Gasteiger charge is 2.23. The van der Waals surface area contributed by atoms with Crippen LogP contribution in [0.5, 0.6) is 0 Å². The highest BCUT2D eigenvalue weighted by molar-refractivity contribution is 6.03. The van der Waals surface area contributed by atoms with Gasteiger partial charge in [0.2, 0.25) is 0 Å². The van der Waals surface area contributed by atoms with E-state index in [-0.39, 0.29) is 18.0 Å². The van der Waals surface area contributed by atoms with Crippen LogP contribution in [0.15, 0.2) is 22.7 Å². The Bertz CT molecular complexity index is 1660. The van der Waals surface area contributed by atoms with Crippen molar-refractivity contribution in [2.75, 3.05) is 14.2 Å². The fourth-order valence-corrected chi connectivity index (χ4v) is 5.90. The highest BCUT2D eigenvalue weighted by Crippen LogP contribution is 2.29. The van der Waals surface area contributed by atoms with Crippen LogP contribution in [-0.4, -0.2) is 52.9 Å². The molecule has 3 aromatic heterocycles. The summed E-state index contributed by atoms with van der Waals surface area (Å²) in [7, 11) is 2.85. The summed E-state index contributed by atoms with van der Waals surface area (Å²) >= 11 is 0. The molecule has 8 nitrogen and oxygen atoms in total. The maximum atomic E-state index is 12.1. The number of esters is 2. The predicted molar refractivity (Wildman–Crippen MR) is 156 cm³/mol. The van der Waals surface area contributed by atoms with E-state index >= 15 is 0 Å². The van der Waals surface area contributed by atoms with Crippen LogP contribution in [0.2, 0.25) is 0 Å². The lowest BCUT2D eigenvalue weighted by molar-refractivity contribution is -0.141. The van der Waals surface area contributed by atoms with Gasteiger partial charge in [-0.05, 0) is 92.1 Å². The Morgan fingerprint density at radius 2 is 1.50 bits per heavy atom. The number of carbonyl (C=O) groups is 2. The largest absolute Gasteiger partial charge is 0.469 e. The summed E-state index contributed by atoms with van der Waals surface area (Å²) in [6, 6.07) is 2.13. The Hall–Kier alpha value is -4.07. The minimum atomic E-state index is -0.230. The average molecular weight is 543 g/mol. The molecule has 5 rings (SSSR count). The van der Waals surface area contributed by atoms with E-state index in [1.807, 2.05) is 0 Å². The number of aryl methyl sites for hydroxylation is 1. The molecule has 0 saturated carbocycles. The number of allylic oxidation sites excluding steroid dienone is 1. The Morgan fingerprint density at radius 3 is 2.17 bits per heavy atom. The molecule has 8 bridgehead atoms. The van der Waals surface area contributed by atoms with Crippen molar-refractivity contribution in [3.05, 3.63) is 79.0 Å². The average Bonchev–Trinajstić information content (AvgIpc) is 3.62. The van der Waals surface area contributed by atoms with Crippen LogP contribution in [0.1, 0.15) is 70.4 Å². The van der Waals surface area contributed by atoms with Crippen LogP contribution in [0.4, 0.5) is 0 Å². The number of methoxy groups -OCH3 is 2. The van der Waals surface area contributed by atoms with Crippen LogP contribution in [0.25, 0.3) is 12.2 Å². The summed E-state index contributed by atoms with van der Waals surface area (Å²) in [5.74, 6) is -0.456. The number of nitrogens with zero attached hydrogens (tertiary/aromatic N) is 1. The number of hydrogen-bond acceptors (Lipinski definition) is 5. The molecule has 210 valence electrons. The van der Waals surface area contributed by atoms with Crippen molar-refractivity contribution in [3.63, 3.8) is 0 Å². The van der Waals surface area contributed by atoms with Gasteiger partial charge in [-0.2, -0.15) is 0 Å². The van der Waals surface area contributed by atoms with Gasteiger partial charge in [-0.3, -0.25) is 14.6 Å². The Balaban J connectivity index is 1.68. The van der Waals surface area contributed by atoms with Crippen LogP contribution in [-0.2, 0) is 44.7 Å². The molecule has 0 amide bonds. The molecule has 3 N–H and O–H groups in total. The Labute approximate surface area is 234 Å². The molecule has 0 radical (unpaired) electrons. The first-order chi connectivity index (χ1) is 19.2. The third-order valence-corrected chi connectivity index (χ3v) is 8.28. The monoisotopic (exact) mass is 542 g/mol. The van der Waals surface area contributed by atoms with Gasteiger partial charge < -0.3 is 24.4 Å². The summed E-state index contributed by atoms with van der Waals surface area (Å²) in [5.41, 5.74) is 12.2. The number of aromatic nitrogens is 3. The minimum Gasteiger partial charge on any atom is -0.469 e. The van der Waals surface area contributed by atoms with Crippen LogP contribution >= 0.6 is 0 Å². The van der Waals surface area contributed by atoms with E-state index in [0.717, 1.165) is 61.4 Å². The standard InChI is InChI=1S/C32H38N4O4/c1-17-11-22-14-27-19(3)23(7-9-31(37)39-5)29(35-27)16-30-24(8-10-32(38)40-6)20(4)28(36-30)15-26-18(2)12-21(34-26)13-25(17)33-22/h11-14,21,33,35-36H,7-10,15-16H2,1-6H3. The number of H-pyrrole nitrogens is 3. The molecule has 5 heterocycles. The third-order valence-electron chi connectivity index (χ3n) is 8.28. The van der Waals surface area contributed by atoms with Gasteiger partial charge in [0.1, 0.15) is 0 Å².